The Labute approximate surface area is 159 Å². The van der Waals surface area contributed by atoms with Gasteiger partial charge in [0.2, 0.25) is 5.91 Å². The fourth-order valence-corrected chi connectivity index (χ4v) is 4.14. The van der Waals surface area contributed by atoms with E-state index in [0.717, 1.165) is 49.1 Å². The second kappa shape index (κ2) is 8.09. The molecule has 1 fully saturated rings. The lowest BCUT2D eigenvalue weighted by Crippen LogP contribution is -2.42. The van der Waals surface area contributed by atoms with Crippen LogP contribution >= 0.6 is 0 Å². The molecule has 0 aliphatic carbocycles. The second-order valence-corrected chi connectivity index (χ2v) is 7.39. The maximum absolute atomic E-state index is 13.1. The molecule has 2 aliphatic rings. The maximum Gasteiger partial charge on any atom is 0.234 e. The Kier molecular flexibility index (Phi) is 5.39. The molecule has 27 heavy (non-hydrogen) atoms. The summed E-state index contributed by atoms with van der Waals surface area (Å²) in [5.41, 5.74) is 2.17. The van der Waals surface area contributed by atoms with Gasteiger partial charge >= 0.3 is 0 Å². The first-order valence-corrected chi connectivity index (χ1v) is 9.68. The molecule has 0 bridgehead atoms. The molecule has 5 heteroatoms. The molecular formula is C22H25FN2O2. The van der Waals surface area contributed by atoms with E-state index in [1.54, 1.807) is 0 Å². The standard InChI is InChI=1S/C22H25FN2O2/c23-17-9-7-16(8-10-17)14-18-4-3-12-25(18)15-22(26)24-20-11-13-27-21-6-2-1-5-19(20)21/h1-2,5-10,18,20H,3-4,11-15H2,(H,24,26)/t18-,20+/m0/s1. The monoisotopic (exact) mass is 368 g/mol. The van der Waals surface area contributed by atoms with Gasteiger partial charge in [-0.3, -0.25) is 9.69 Å². The van der Waals surface area contributed by atoms with E-state index < -0.39 is 0 Å². The Hall–Kier alpha value is -2.40. The maximum atomic E-state index is 13.1. The van der Waals surface area contributed by atoms with Crippen molar-refractivity contribution in [3.63, 3.8) is 0 Å². The molecule has 4 nitrogen and oxygen atoms in total. The molecule has 0 radical (unpaired) electrons. The third-order valence-corrected chi connectivity index (χ3v) is 5.52. The lowest BCUT2D eigenvalue weighted by Gasteiger charge is -2.29. The van der Waals surface area contributed by atoms with Gasteiger partial charge in [-0.25, -0.2) is 4.39 Å². The highest BCUT2D eigenvalue weighted by atomic mass is 19.1. The molecule has 142 valence electrons. The van der Waals surface area contributed by atoms with Crippen LogP contribution in [0.25, 0.3) is 0 Å². The number of rotatable bonds is 5. The molecular weight excluding hydrogens is 343 g/mol. The van der Waals surface area contributed by atoms with Crippen LogP contribution in [0.15, 0.2) is 48.5 Å². The minimum atomic E-state index is -0.210. The summed E-state index contributed by atoms with van der Waals surface area (Å²) in [5.74, 6) is 0.713. The fraction of sp³-hybridized carbons (Fsp3) is 0.409. The highest BCUT2D eigenvalue weighted by Crippen LogP contribution is 2.31. The summed E-state index contributed by atoms with van der Waals surface area (Å²) in [4.78, 5) is 14.9. The normalized spacial score (nSPS) is 22.1. The summed E-state index contributed by atoms with van der Waals surface area (Å²) < 4.78 is 18.8. The highest BCUT2D eigenvalue weighted by Gasteiger charge is 2.28. The number of ether oxygens (including phenoxy) is 1. The molecule has 4 rings (SSSR count). The molecule has 2 aromatic carbocycles. The van der Waals surface area contributed by atoms with Crippen molar-refractivity contribution in [3.8, 4) is 5.75 Å². The number of carbonyl (C=O) groups excluding carboxylic acids is 1. The van der Waals surface area contributed by atoms with E-state index in [9.17, 15) is 9.18 Å². The van der Waals surface area contributed by atoms with Crippen LogP contribution in [0.4, 0.5) is 4.39 Å². The third-order valence-electron chi connectivity index (χ3n) is 5.52. The van der Waals surface area contributed by atoms with Crippen molar-refractivity contribution in [1.82, 2.24) is 10.2 Å². The Bertz CT molecular complexity index is 793. The SMILES string of the molecule is O=C(CN1CCC[C@H]1Cc1ccc(F)cc1)N[C@@H]1CCOc2ccccc21. The van der Waals surface area contributed by atoms with Crippen LogP contribution in [0.1, 0.15) is 36.4 Å². The molecule has 0 aromatic heterocycles. The van der Waals surface area contributed by atoms with Gasteiger partial charge in [0.1, 0.15) is 11.6 Å². The lowest BCUT2D eigenvalue weighted by atomic mass is 10.0. The molecule has 2 heterocycles. The molecule has 0 unspecified atom stereocenters. The minimum absolute atomic E-state index is 0.0144. The molecule has 2 aliphatic heterocycles. The zero-order chi connectivity index (χ0) is 18.6. The van der Waals surface area contributed by atoms with Crippen LogP contribution in [0, 0.1) is 5.82 Å². The van der Waals surface area contributed by atoms with Crippen LogP contribution in [-0.4, -0.2) is 36.5 Å². The number of fused-ring (bicyclic) bond motifs is 1. The van der Waals surface area contributed by atoms with Crippen LogP contribution in [-0.2, 0) is 11.2 Å². The summed E-state index contributed by atoms with van der Waals surface area (Å²) in [6.07, 6.45) is 3.82. The number of hydrogen-bond acceptors (Lipinski definition) is 3. The zero-order valence-electron chi connectivity index (χ0n) is 15.4. The van der Waals surface area contributed by atoms with Gasteiger partial charge in [0.05, 0.1) is 19.2 Å². The molecule has 1 N–H and O–H groups in total. The second-order valence-electron chi connectivity index (χ2n) is 7.39. The predicted molar refractivity (Wildman–Crippen MR) is 102 cm³/mol. The highest BCUT2D eigenvalue weighted by molar-refractivity contribution is 5.78. The Morgan fingerprint density at radius 1 is 1.15 bits per heavy atom. The lowest BCUT2D eigenvalue weighted by molar-refractivity contribution is -0.123. The van der Waals surface area contributed by atoms with Crippen LogP contribution < -0.4 is 10.1 Å². The molecule has 1 saturated heterocycles. The number of hydrogen-bond donors (Lipinski definition) is 1. The van der Waals surface area contributed by atoms with Gasteiger partial charge in [0.15, 0.2) is 0 Å². The Morgan fingerprint density at radius 2 is 1.96 bits per heavy atom. The first kappa shape index (κ1) is 18.0. The summed E-state index contributed by atoms with van der Waals surface area (Å²) in [5, 5.41) is 3.18. The van der Waals surface area contributed by atoms with E-state index in [1.165, 1.54) is 12.1 Å². The number of halogens is 1. The van der Waals surface area contributed by atoms with Crippen molar-refractivity contribution in [3.05, 3.63) is 65.5 Å². The van der Waals surface area contributed by atoms with E-state index in [2.05, 4.69) is 10.2 Å². The van der Waals surface area contributed by atoms with Crippen molar-refractivity contribution < 1.29 is 13.9 Å². The quantitative estimate of drug-likeness (QED) is 0.879. The predicted octanol–water partition coefficient (Wildman–Crippen LogP) is 3.47. The van der Waals surface area contributed by atoms with E-state index in [0.29, 0.717) is 19.2 Å². The van der Waals surface area contributed by atoms with Crippen LogP contribution in [0.3, 0.4) is 0 Å². The number of nitrogens with zero attached hydrogens (tertiary/aromatic N) is 1. The van der Waals surface area contributed by atoms with Gasteiger partial charge in [-0.1, -0.05) is 30.3 Å². The molecule has 1 amide bonds. The number of carbonyl (C=O) groups is 1. The average Bonchev–Trinajstić information content (AvgIpc) is 3.10. The van der Waals surface area contributed by atoms with Crippen LogP contribution in [0.5, 0.6) is 5.75 Å². The Balaban J connectivity index is 1.35. The van der Waals surface area contributed by atoms with E-state index in [-0.39, 0.29) is 17.8 Å². The van der Waals surface area contributed by atoms with E-state index in [4.69, 9.17) is 4.74 Å². The van der Waals surface area contributed by atoms with Gasteiger partial charge < -0.3 is 10.1 Å². The minimum Gasteiger partial charge on any atom is -0.493 e. The topological polar surface area (TPSA) is 41.6 Å². The van der Waals surface area contributed by atoms with Crippen molar-refractivity contribution in [1.29, 1.82) is 0 Å². The molecule has 2 aromatic rings. The fourth-order valence-electron chi connectivity index (χ4n) is 4.14. The van der Waals surface area contributed by atoms with Crippen molar-refractivity contribution in [2.75, 3.05) is 19.7 Å². The number of para-hydroxylation sites is 1. The van der Waals surface area contributed by atoms with Gasteiger partial charge in [0, 0.05) is 18.0 Å². The van der Waals surface area contributed by atoms with Gasteiger partial charge in [-0.15, -0.1) is 0 Å². The summed E-state index contributed by atoms with van der Waals surface area (Å²) >= 11 is 0. The van der Waals surface area contributed by atoms with Gasteiger partial charge in [-0.05, 0) is 49.6 Å². The summed E-state index contributed by atoms with van der Waals surface area (Å²) in [6, 6.07) is 14.9. The van der Waals surface area contributed by atoms with Gasteiger partial charge in [-0.2, -0.15) is 0 Å². The summed E-state index contributed by atoms with van der Waals surface area (Å²) in [6.45, 7) is 1.97. The van der Waals surface area contributed by atoms with Crippen molar-refractivity contribution in [2.45, 2.75) is 37.8 Å². The smallest absolute Gasteiger partial charge is 0.234 e. The number of nitrogens with one attached hydrogen (secondary N) is 1. The van der Waals surface area contributed by atoms with Crippen molar-refractivity contribution in [2.24, 2.45) is 0 Å². The Morgan fingerprint density at radius 3 is 2.81 bits per heavy atom. The zero-order valence-corrected chi connectivity index (χ0v) is 15.4. The number of amides is 1. The van der Waals surface area contributed by atoms with E-state index >= 15 is 0 Å². The van der Waals surface area contributed by atoms with E-state index in [1.807, 2.05) is 36.4 Å². The average molecular weight is 368 g/mol. The first-order chi connectivity index (χ1) is 13.2. The number of benzene rings is 2. The van der Waals surface area contributed by atoms with Gasteiger partial charge in [0.25, 0.3) is 0 Å². The molecule has 0 saturated carbocycles. The number of likely N-dealkylation sites (tertiary alicyclic amines) is 1. The molecule has 0 spiro atoms. The van der Waals surface area contributed by atoms with Crippen LogP contribution in [0.2, 0.25) is 0 Å². The van der Waals surface area contributed by atoms with Crippen molar-refractivity contribution >= 4 is 5.91 Å². The molecule has 2 atom stereocenters. The summed E-state index contributed by atoms with van der Waals surface area (Å²) in [7, 11) is 0. The largest absolute Gasteiger partial charge is 0.493 e. The first-order valence-electron chi connectivity index (χ1n) is 9.68. The third kappa shape index (κ3) is 4.30.